The Balaban J connectivity index is 1.48. The molecule has 0 aromatic heterocycles. The highest BCUT2D eigenvalue weighted by Crippen LogP contribution is 2.72. The molecule has 4 aliphatic rings. The number of esters is 2. The van der Waals surface area contributed by atoms with Gasteiger partial charge in [0.1, 0.15) is 5.75 Å². The number of carbonyl (C=O) groups is 3. The van der Waals surface area contributed by atoms with Gasteiger partial charge in [0.2, 0.25) is 5.75 Å². The van der Waals surface area contributed by atoms with Crippen LogP contribution in [0.3, 0.4) is 0 Å². The molecule has 0 radical (unpaired) electrons. The maximum atomic E-state index is 13.7. The van der Waals surface area contributed by atoms with Crippen LogP contribution in [0.1, 0.15) is 66.7 Å². The topological polar surface area (TPSA) is 97.4 Å². The number of cyclic esters (lactones) is 1. The predicted molar refractivity (Wildman–Crippen MR) is 157 cm³/mol. The highest BCUT2D eigenvalue weighted by Gasteiger charge is 2.70. The van der Waals surface area contributed by atoms with Crippen LogP contribution >= 0.6 is 0 Å². The number of carbonyl (C=O) groups excluding carboxylic acids is 3. The van der Waals surface area contributed by atoms with Crippen molar-refractivity contribution in [2.75, 3.05) is 27.9 Å². The summed E-state index contributed by atoms with van der Waals surface area (Å²) in [5.74, 6) is 1.18. The van der Waals surface area contributed by atoms with E-state index in [1.807, 2.05) is 6.08 Å². The second kappa shape index (κ2) is 10.5. The van der Waals surface area contributed by atoms with Crippen LogP contribution in [-0.2, 0) is 19.1 Å². The summed E-state index contributed by atoms with van der Waals surface area (Å²) in [4.78, 5) is 39.8. The van der Waals surface area contributed by atoms with Crippen LogP contribution in [0.2, 0.25) is 0 Å². The summed E-state index contributed by atoms with van der Waals surface area (Å²) < 4.78 is 27.6. The predicted octanol–water partition coefficient (Wildman–Crippen LogP) is 6.11. The molecular formula is C34H44O8. The summed E-state index contributed by atoms with van der Waals surface area (Å²) in [6.07, 6.45) is 9.53. The maximum Gasteiger partial charge on any atom is 0.338 e. The molecule has 1 spiro atoms. The lowest BCUT2D eigenvalue weighted by Crippen LogP contribution is -2.65. The molecule has 1 aromatic carbocycles. The highest BCUT2D eigenvalue weighted by molar-refractivity contribution is 5.96. The van der Waals surface area contributed by atoms with Gasteiger partial charge in [0.25, 0.3) is 0 Å². The molecule has 5 rings (SSSR count). The molecule has 42 heavy (non-hydrogen) atoms. The van der Waals surface area contributed by atoms with Crippen LogP contribution < -0.4 is 18.9 Å². The Kier molecular flexibility index (Phi) is 7.51. The third kappa shape index (κ3) is 4.35. The van der Waals surface area contributed by atoms with E-state index >= 15 is 0 Å². The molecule has 2 saturated carbocycles. The molecule has 3 aliphatic carbocycles. The summed E-state index contributed by atoms with van der Waals surface area (Å²) in [6.45, 7) is 10.9. The fourth-order valence-corrected chi connectivity index (χ4v) is 9.25. The summed E-state index contributed by atoms with van der Waals surface area (Å²) >= 11 is 0. The fraction of sp³-hybridized carbons (Fsp3) is 0.618. The standard InChI is InChI=1S/C34H44O8/c1-20(30(37)42-22-16-23(38-6)29(40-8)24(17-22)39-7)15-21-9-10-26-32(4,34(21)18-28(36)41-19-34)14-11-25-31(2,3)13-12-27(35)33(25,26)5/h12-13,15-17,21,25-26H,9-11,14,18-19H2,1-8H3/b20-15+/t21-,25?,26+,32-,33+,34+/m1/s1. The van der Waals surface area contributed by atoms with E-state index in [0.717, 1.165) is 25.7 Å². The Hall–Kier alpha value is -3.29. The molecule has 1 aliphatic heterocycles. The maximum absolute atomic E-state index is 13.7. The molecule has 8 nitrogen and oxygen atoms in total. The van der Waals surface area contributed by atoms with Crippen molar-refractivity contribution < 1.29 is 38.1 Å². The second-order valence-corrected chi connectivity index (χ2v) is 13.6. The van der Waals surface area contributed by atoms with Crippen LogP contribution in [0.25, 0.3) is 0 Å². The van der Waals surface area contributed by atoms with Gasteiger partial charge in [0, 0.05) is 28.5 Å². The quantitative estimate of drug-likeness (QED) is 0.226. The Morgan fingerprint density at radius 2 is 1.62 bits per heavy atom. The van der Waals surface area contributed by atoms with E-state index in [2.05, 4.69) is 33.8 Å². The van der Waals surface area contributed by atoms with Crippen LogP contribution in [0.4, 0.5) is 0 Å². The van der Waals surface area contributed by atoms with Crippen molar-refractivity contribution in [1.82, 2.24) is 0 Å². The molecule has 6 atom stereocenters. The molecule has 3 fully saturated rings. The molecule has 1 unspecified atom stereocenters. The van der Waals surface area contributed by atoms with Crippen molar-refractivity contribution in [3.8, 4) is 23.0 Å². The Bertz CT molecular complexity index is 1330. The van der Waals surface area contributed by atoms with E-state index in [4.69, 9.17) is 23.7 Å². The van der Waals surface area contributed by atoms with Gasteiger partial charge in [-0.1, -0.05) is 39.8 Å². The summed E-state index contributed by atoms with van der Waals surface area (Å²) in [5.41, 5.74) is -0.975. The number of ether oxygens (including phenoxy) is 5. The lowest BCUT2D eigenvalue weighted by Gasteiger charge is -2.67. The summed E-state index contributed by atoms with van der Waals surface area (Å²) in [7, 11) is 4.51. The van der Waals surface area contributed by atoms with Crippen molar-refractivity contribution in [2.24, 2.45) is 39.4 Å². The fourth-order valence-electron chi connectivity index (χ4n) is 9.25. The van der Waals surface area contributed by atoms with Gasteiger partial charge in [-0.05, 0) is 67.3 Å². The van der Waals surface area contributed by atoms with Crippen LogP contribution in [0.5, 0.6) is 23.0 Å². The Labute approximate surface area is 248 Å². The van der Waals surface area contributed by atoms with Gasteiger partial charge in [-0.25, -0.2) is 4.79 Å². The zero-order valence-corrected chi connectivity index (χ0v) is 26.1. The number of benzene rings is 1. The average Bonchev–Trinajstić information content (AvgIpc) is 3.35. The van der Waals surface area contributed by atoms with Gasteiger partial charge >= 0.3 is 11.9 Å². The van der Waals surface area contributed by atoms with Gasteiger partial charge in [-0.15, -0.1) is 0 Å². The van der Waals surface area contributed by atoms with Crippen molar-refractivity contribution in [2.45, 2.75) is 66.7 Å². The Morgan fingerprint density at radius 3 is 2.19 bits per heavy atom. The van der Waals surface area contributed by atoms with E-state index in [0.29, 0.717) is 29.4 Å². The largest absolute Gasteiger partial charge is 0.493 e. The number of fused-ring (bicyclic) bond motifs is 4. The zero-order chi connectivity index (χ0) is 30.7. The number of hydrogen-bond donors (Lipinski definition) is 0. The van der Waals surface area contributed by atoms with E-state index < -0.39 is 16.8 Å². The average molecular weight is 581 g/mol. The first-order valence-corrected chi connectivity index (χ1v) is 14.9. The zero-order valence-electron chi connectivity index (χ0n) is 26.1. The number of rotatable bonds is 6. The first-order chi connectivity index (χ1) is 19.8. The van der Waals surface area contributed by atoms with Crippen LogP contribution in [0.15, 0.2) is 35.9 Å². The van der Waals surface area contributed by atoms with E-state index in [9.17, 15) is 14.4 Å². The molecule has 1 saturated heterocycles. The normalized spacial score (nSPS) is 35.2. The van der Waals surface area contributed by atoms with Crippen molar-refractivity contribution >= 4 is 17.7 Å². The van der Waals surface area contributed by atoms with E-state index in [1.165, 1.54) is 21.3 Å². The van der Waals surface area contributed by atoms with Gasteiger partial charge in [0.05, 0.1) is 34.4 Å². The lowest BCUT2D eigenvalue weighted by atomic mass is 9.35. The van der Waals surface area contributed by atoms with Crippen molar-refractivity contribution in [3.05, 3.63) is 35.9 Å². The molecular weight excluding hydrogens is 536 g/mol. The monoisotopic (exact) mass is 580 g/mol. The third-order valence-corrected chi connectivity index (χ3v) is 11.4. The SMILES string of the molecule is COc1cc(OC(=O)/C(C)=C/[C@H]2CC[C@@H]3[C@@]4(C)C(=O)C=CC(C)(C)C4CC[C@@]3(C)[C@@]23COC(=O)C3)cc(OC)c1OC. The number of methoxy groups -OCH3 is 3. The molecule has 0 amide bonds. The first-order valence-electron chi connectivity index (χ1n) is 14.9. The highest BCUT2D eigenvalue weighted by atomic mass is 16.6. The smallest absolute Gasteiger partial charge is 0.338 e. The number of allylic oxidation sites excluding steroid dienone is 3. The van der Waals surface area contributed by atoms with Crippen LogP contribution in [0, 0.1) is 39.4 Å². The van der Waals surface area contributed by atoms with Gasteiger partial charge in [-0.2, -0.15) is 0 Å². The lowest BCUT2D eigenvalue weighted by molar-refractivity contribution is -0.191. The van der Waals surface area contributed by atoms with E-state index in [-0.39, 0.29) is 52.5 Å². The summed E-state index contributed by atoms with van der Waals surface area (Å²) in [5, 5.41) is 0. The second-order valence-electron chi connectivity index (χ2n) is 13.6. The minimum Gasteiger partial charge on any atom is -0.493 e. The number of ketones is 1. The molecule has 1 heterocycles. The Morgan fingerprint density at radius 1 is 0.952 bits per heavy atom. The minimum absolute atomic E-state index is 0.0803. The number of hydrogen-bond acceptors (Lipinski definition) is 8. The van der Waals surface area contributed by atoms with Crippen LogP contribution in [-0.4, -0.2) is 45.7 Å². The molecule has 8 heteroatoms. The molecule has 0 bridgehead atoms. The molecule has 228 valence electrons. The minimum atomic E-state index is -0.515. The van der Waals surface area contributed by atoms with E-state index in [1.54, 1.807) is 25.1 Å². The third-order valence-electron chi connectivity index (χ3n) is 11.4. The summed E-state index contributed by atoms with van der Waals surface area (Å²) in [6, 6.07) is 3.17. The van der Waals surface area contributed by atoms with Gasteiger partial charge in [0.15, 0.2) is 17.3 Å². The van der Waals surface area contributed by atoms with Crippen molar-refractivity contribution in [3.63, 3.8) is 0 Å². The molecule has 1 aromatic rings. The molecule has 0 N–H and O–H groups in total. The van der Waals surface area contributed by atoms with Crippen molar-refractivity contribution in [1.29, 1.82) is 0 Å². The van der Waals surface area contributed by atoms with Gasteiger partial charge in [-0.3, -0.25) is 9.59 Å². The van der Waals surface area contributed by atoms with Gasteiger partial charge < -0.3 is 23.7 Å². The first kappa shape index (κ1) is 30.2.